The van der Waals surface area contributed by atoms with Crippen molar-refractivity contribution in [1.82, 2.24) is 0 Å². The normalized spacial score (nSPS) is 16.0. The fourth-order valence-corrected chi connectivity index (χ4v) is 2.86. The lowest BCUT2D eigenvalue weighted by Gasteiger charge is -2.27. The monoisotopic (exact) mass is 323 g/mol. The van der Waals surface area contributed by atoms with E-state index >= 15 is 0 Å². The van der Waals surface area contributed by atoms with Crippen LogP contribution in [-0.4, -0.2) is 14.2 Å². The van der Waals surface area contributed by atoms with Crippen LogP contribution < -0.4 is 25.7 Å². The van der Waals surface area contributed by atoms with Crippen molar-refractivity contribution in [1.29, 1.82) is 5.26 Å². The number of benzene rings is 2. The molecule has 6 heteroatoms. The highest BCUT2D eigenvalue weighted by molar-refractivity contribution is 5.62. The molecule has 0 bridgehead atoms. The van der Waals surface area contributed by atoms with Gasteiger partial charge in [0.2, 0.25) is 5.88 Å². The lowest BCUT2D eigenvalue weighted by Crippen LogP contribution is -2.21. The Morgan fingerprint density at radius 3 is 2.50 bits per heavy atom. The molecule has 0 aliphatic carbocycles. The number of hydrogen-bond acceptors (Lipinski definition) is 6. The van der Waals surface area contributed by atoms with E-state index in [9.17, 15) is 5.26 Å². The number of anilines is 1. The van der Waals surface area contributed by atoms with Gasteiger partial charge in [-0.15, -0.1) is 0 Å². The minimum absolute atomic E-state index is 0.0606. The predicted molar refractivity (Wildman–Crippen MR) is 89.7 cm³/mol. The zero-order valence-electron chi connectivity index (χ0n) is 13.4. The number of nitrogens with two attached hydrogens (primary N) is 2. The molecule has 1 heterocycles. The minimum atomic E-state index is -0.426. The summed E-state index contributed by atoms with van der Waals surface area (Å²) in [5, 5.41) is 9.60. The highest BCUT2D eigenvalue weighted by Gasteiger charge is 2.32. The molecule has 2 aromatic carbocycles. The number of fused-ring (bicyclic) bond motifs is 1. The van der Waals surface area contributed by atoms with Crippen LogP contribution in [0.1, 0.15) is 17.0 Å². The second kappa shape index (κ2) is 6.05. The smallest absolute Gasteiger partial charge is 0.205 e. The number of nitriles is 1. The average molecular weight is 323 g/mol. The van der Waals surface area contributed by atoms with E-state index in [-0.39, 0.29) is 5.88 Å². The standard InChI is InChI=1S/C18H17N3O3/c1-22-11-4-6-15(23-2)13(8-11)17-12-5-3-10(20)7-16(12)24-18(21)14(17)9-19/h3-8,17H,20-21H2,1-2H3/t17-/m0/s1. The number of ether oxygens (including phenoxy) is 3. The lowest BCUT2D eigenvalue weighted by molar-refractivity contribution is 0.383. The van der Waals surface area contributed by atoms with Crippen LogP contribution in [0.3, 0.4) is 0 Å². The molecule has 0 saturated heterocycles. The molecule has 24 heavy (non-hydrogen) atoms. The SMILES string of the molecule is COc1ccc(OC)c([C@H]2C(C#N)=C(N)Oc3cc(N)ccc32)c1. The van der Waals surface area contributed by atoms with Crippen molar-refractivity contribution in [2.45, 2.75) is 5.92 Å². The first-order valence-corrected chi connectivity index (χ1v) is 7.28. The van der Waals surface area contributed by atoms with Gasteiger partial charge in [0.1, 0.15) is 28.9 Å². The molecule has 0 aromatic heterocycles. The van der Waals surface area contributed by atoms with Gasteiger partial charge in [0.05, 0.1) is 20.1 Å². The molecule has 0 spiro atoms. The molecule has 6 nitrogen and oxygen atoms in total. The van der Waals surface area contributed by atoms with Crippen LogP contribution in [-0.2, 0) is 0 Å². The number of hydrogen-bond donors (Lipinski definition) is 2. The van der Waals surface area contributed by atoms with E-state index in [2.05, 4.69) is 6.07 Å². The van der Waals surface area contributed by atoms with Crippen molar-refractivity contribution >= 4 is 5.69 Å². The molecule has 0 saturated carbocycles. The van der Waals surface area contributed by atoms with Gasteiger partial charge >= 0.3 is 0 Å². The zero-order chi connectivity index (χ0) is 17.3. The number of rotatable bonds is 3. The second-order valence-corrected chi connectivity index (χ2v) is 5.33. The molecule has 1 aliphatic heterocycles. The van der Waals surface area contributed by atoms with E-state index in [0.29, 0.717) is 28.5 Å². The summed E-state index contributed by atoms with van der Waals surface area (Å²) in [5.74, 6) is 1.45. The van der Waals surface area contributed by atoms with Crippen molar-refractivity contribution in [3.63, 3.8) is 0 Å². The van der Waals surface area contributed by atoms with E-state index in [1.54, 1.807) is 38.5 Å². The Labute approximate surface area is 139 Å². The topological polar surface area (TPSA) is 104 Å². The first-order chi connectivity index (χ1) is 11.6. The Hall–Kier alpha value is -3.33. The summed E-state index contributed by atoms with van der Waals surface area (Å²) < 4.78 is 16.4. The van der Waals surface area contributed by atoms with E-state index in [4.69, 9.17) is 25.7 Å². The second-order valence-electron chi connectivity index (χ2n) is 5.33. The van der Waals surface area contributed by atoms with E-state index in [0.717, 1.165) is 11.1 Å². The fourth-order valence-electron chi connectivity index (χ4n) is 2.86. The van der Waals surface area contributed by atoms with Crippen molar-refractivity contribution in [2.24, 2.45) is 5.73 Å². The van der Waals surface area contributed by atoms with Gasteiger partial charge in [-0.2, -0.15) is 5.26 Å². The van der Waals surface area contributed by atoms with Crippen molar-refractivity contribution in [3.8, 4) is 23.3 Å². The van der Waals surface area contributed by atoms with Gasteiger partial charge in [0.15, 0.2) is 0 Å². The maximum absolute atomic E-state index is 9.60. The summed E-state index contributed by atoms with van der Waals surface area (Å²) in [6.45, 7) is 0. The van der Waals surface area contributed by atoms with Gasteiger partial charge in [-0.25, -0.2) is 0 Å². The third kappa shape index (κ3) is 2.46. The van der Waals surface area contributed by atoms with Crippen molar-refractivity contribution in [2.75, 3.05) is 20.0 Å². The fraction of sp³-hybridized carbons (Fsp3) is 0.167. The molecular formula is C18H17N3O3. The van der Waals surface area contributed by atoms with Crippen LogP contribution >= 0.6 is 0 Å². The number of methoxy groups -OCH3 is 2. The van der Waals surface area contributed by atoms with Crippen LogP contribution in [0.5, 0.6) is 17.2 Å². The predicted octanol–water partition coefficient (Wildman–Crippen LogP) is 2.50. The van der Waals surface area contributed by atoms with Crippen LogP contribution in [0.15, 0.2) is 47.9 Å². The zero-order valence-corrected chi connectivity index (χ0v) is 13.4. The Morgan fingerprint density at radius 2 is 1.83 bits per heavy atom. The molecule has 0 unspecified atom stereocenters. The summed E-state index contributed by atoms with van der Waals surface area (Å²) in [5.41, 5.74) is 14.2. The van der Waals surface area contributed by atoms with Crippen LogP contribution in [0.25, 0.3) is 0 Å². The molecule has 3 rings (SSSR count). The quantitative estimate of drug-likeness (QED) is 0.841. The Kier molecular flexibility index (Phi) is 3.92. The highest BCUT2D eigenvalue weighted by Crippen LogP contribution is 2.46. The summed E-state index contributed by atoms with van der Waals surface area (Å²) in [6, 6.07) is 12.9. The van der Waals surface area contributed by atoms with Gasteiger partial charge in [0, 0.05) is 22.9 Å². The minimum Gasteiger partial charge on any atom is -0.497 e. The summed E-state index contributed by atoms with van der Waals surface area (Å²) in [6.07, 6.45) is 0. The molecule has 1 atom stereocenters. The first-order valence-electron chi connectivity index (χ1n) is 7.28. The third-order valence-electron chi connectivity index (χ3n) is 3.99. The van der Waals surface area contributed by atoms with Gasteiger partial charge in [-0.05, 0) is 24.3 Å². The third-order valence-corrected chi connectivity index (χ3v) is 3.99. The summed E-state index contributed by atoms with van der Waals surface area (Å²) >= 11 is 0. The molecule has 0 amide bonds. The van der Waals surface area contributed by atoms with E-state index in [1.807, 2.05) is 12.1 Å². The van der Waals surface area contributed by atoms with Crippen LogP contribution in [0.2, 0.25) is 0 Å². The Balaban J connectivity index is 2.28. The lowest BCUT2D eigenvalue weighted by atomic mass is 9.83. The number of allylic oxidation sites excluding steroid dienone is 1. The first kappa shape index (κ1) is 15.6. The van der Waals surface area contributed by atoms with Gasteiger partial charge < -0.3 is 25.7 Å². The number of nitrogens with zero attached hydrogens (tertiary/aromatic N) is 1. The van der Waals surface area contributed by atoms with Crippen LogP contribution in [0, 0.1) is 11.3 Å². The molecule has 4 N–H and O–H groups in total. The molecule has 2 aromatic rings. The van der Waals surface area contributed by atoms with Crippen molar-refractivity contribution < 1.29 is 14.2 Å². The van der Waals surface area contributed by atoms with Gasteiger partial charge in [-0.1, -0.05) is 6.07 Å². The maximum atomic E-state index is 9.60. The molecular weight excluding hydrogens is 306 g/mol. The molecule has 0 radical (unpaired) electrons. The Morgan fingerprint density at radius 1 is 1.04 bits per heavy atom. The molecule has 0 fully saturated rings. The van der Waals surface area contributed by atoms with Gasteiger partial charge in [-0.3, -0.25) is 0 Å². The molecule has 122 valence electrons. The van der Waals surface area contributed by atoms with E-state index in [1.165, 1.54) is 0 Å². The van der Waals surface area contributed by atoms with Gasteiger partial charge in [0.25, 0.3) is 0 Å². The molecule has 1 aliphatic rings. The van der Waals surface area contributed by atoms with Crippen LogP contribution in [0.4, 0.5) is 5.69 Å². The number of nitrogen functional groups attached to an aromatic ring is 1. The largest absolute Gasteiger partial charge is 0.497 e. The maximum Gasteiger partial charge on any atom is 0.205 e. The van der Waals surface area contributed by atoms with Crippen molar-refractivity contribution in [3.05, 3.63) is 59.0 Å². The summed E-state index contributed by atoms with van der Waals surface area (Å²) in [7, 11) is 3.16. The highest BCUT2D eigenvalue weighted by atomic mass is 16.5. The van der Waals surface area contributed by atoms with E-state index < -0.39 is 5.92 Å². The average Bonchev–Trinajstić information content (AvgIpc) is 2.59. The Bertz CT molecular complexity index is 868. The summed E-state index contributed by atoms with van der Waals surface area (Å²) in [4.78, 5) is 0.